The Morgan fingerprint density at radius 2 is 2.05 bits per heavy atom. The molecule has 0 radical (unpaired) electrons. The van der Waals surface area contributed by atoms with Crippen LogP contribution < -0.4 is 5.73 Å². The number of H-pyrrole nitrogens is 1. The lowest BCUT2D eigenvalue weighted by molar-refractivity contribution is 0.0737. The van der Waals surface area contributed by atoms with E-state index < -0.39 is 0 Å². The van der Waals surface area contributed by atoms with E-state index in [1.165, 1.54) is 5.56 Å². The van der Waals surface area contributed by atoms with Gasteiger partial charge in [-0.15, -0.1) is 0 Å². The van der Waals surface area contributed by atoms with Gasteiger partial charge in [0.1, 0.15) is 11.5 Å². The van der Waals surface area contributed by atoms with Crippen molar-refractivity contribution in [3.8, 4) is 0 Å². The highest BCUT2D eigenvalue weighted by molar-refractivity contribution is 5.92. The fourth-order valence-electron chi connectivity index (χ4n) is 2.05. The van der Waals surface area contributed by atoms with E-state index in [4.69, 9.17) is 5.73 Å². The number of carbonyl (C=O) groups excluding carboxylic acids is 1. The largest absolute Gasteiger partial charge is 0.382 e. The van der Waals surface area contributed by atoms with Crippen LogP contribution in [-0.2, 0) is 6.54 Å². The number of nitrogens with zero attached hydrogens (tertiary/aromatic N) is 2. The maximum Gasteiger partial charge on any atom is 0.272 e. The zero-order chi connectivity index (χ0) is 14.5. The molecule has 5 heteroatoms. The van der Waals surface area contributed by atoms with E-state index in [0.29, 0.717) is 24.6 Å². The van der Waals surface area contributed by atoms with Crippen LogP contribution in [0.1, 0.15) is 35.0 Å². The molecule has 0 aliphatic carbocycles. The number of nitrogens with one attached hydrogen (secondary N) is 1. The summed E-state index contributed by atoms with van der Waals surface area (Å²) in [5.41, 5.74) is 8.31. The molecule has 20 heavy (non-hydrogen) atoms. The van der Waals surface area contributed by atoms with Crippen LogP contribution in [0.2, 0.25) is 0 Å². The van der Waals surface area contributed by atoms with Gasteiger partial charge in [-0.1, -0.05) is 36.8 Å². The first kappa shape index (κ1) is 14.1. The molecule has 5 nitrogen and oxygen atoms in total. The minimum Gasteiger partial charge on any atom is -0.382 e. The number of nitrogens with two attached hydrogens (primary N) is 1. The van der Waals surface area contributed by atoms with Gasteiger partial charge in [0.2, 0.25) is 0 Å². The fraction of sp³-hybridized carbons (Fsp3) is 0.333. The Hall–Kier alpha value is -2.30. The number of anilines is 1. The van der Waals surface area contributed by atoms with E-state index in [1.54, 1.807) is 11.0 Å². The average Bonchev–Trinajstić information content (AvgIpc) is 2.86. The molecule has 0 unspecified atom stereocenters. The Kier molecular flexibility index (Phi) is 4.40. The molecular formula is C15H20N4O. The minimum absolute atomic E-state index is 0.0726. The zero-order valence-electron chi connectivity index (χ0n) is 11.9. The number of aromatic nitrogens is 2. The van der Waals surface area contributed by atoms with Crippen LogP contribution >= 0.6 is 0 Å². The molecule has 0 bridgehead atoms. The molecule has 0 saturated carbocycles. The molecule has 1 aromatic carbocycles. The van der Waals surface area contributed by atoms with Crippen LogP contribution in [0.3, 0.4) is 0 Å². The van der Waals surface area contributed by atoms with Crippen molar-refractivity contribution >= 4 is 11.7 Å². The summed E-state index contributed by atoms with van der Waals surface area (Å²) in [5, 5.41) is 6.48. The Morgan fingerprint density at radius 1 is 1.35 bits per heavy atom. The molecule has 0 saturated heterocycles. The van der Waals surface area contributed by atoms with Crippen LogP contribution in [0.25, 0.3) is 0 Å². The van der Waals surface area contributed by atoms with E-state index in [0.717, 1.165) is 12.0 Å². The van der Waals surface area contributed by atoms with Crippen LogP contribution in [-0.4, -0.2) is 27.5 Å². The van der Waals surface area contributed by atoms with Crippen LogP contribution in [0, 0.1) is 6.92 Å². The van der Waals surface area contributed by atoms with E-state index in [-0.39, 0.29) is 5.91 Å². The van der Waals surface area contributed by atoms with E-state index in [9.17, 15) is 4.79 Å². The molecule has 3 N–H and O–H groups in total. The summed E-state index contributed by atoms with van der Waals surface area (Å²) in [5.74, 6) is 0.261. The van der Waals surface area contributed by atoms with Crippen molar-refractivity contribution in [1.82, 2.24) is 15.1 Å². The van der Waals surface area contributed by atoms with Crippen molar-refractivity contribution < 1.29 is 4.79 Å². The van der Waals surface area contributed by atoms with Crippen LogP contribution in [0.15, 0.2) is 30.3 Å². The zero-order valence-corrected chi connectivity index (χ0v) is 11.9. The number of hydrogen-bond donors (Lipinski definition) is 2. The number of aryl methyl sites for hydroxylation is 1. The Bertz CT molecular complexity index is 574. The maximum absolute atomic E-state index is 12.4. The topological polar surface area (TPSA) is 75.0 Å². The van der Waals surface area contributed by atoms with Crippen LogP contribution in [0.5, 0.6) is 0 Å². The lowest BCUT2D eigenvalue weighted by atomic mass is 10.1. The number of carbonyl (C=O) groups is 1. The van der Waals surface area contributed by atoms with Crippen molar-refractivity contribution in [2.45, 2.75) is 26.8 Å². The van der Waals surface area contributed by atoms with Crippen molar-refractivity contribution in [1.29, 1.82) is 0 Å². The van der Waals surface area contributed by atoms with Gasteiger partial charge >= 0.3 is 0 Å². The van der Waals surface area contributed by atoms with Gasteiger partial charge in [0, 0.05) is 19.2 Å². The first-order chi connectivity index (χ1) is 9.60. The SMILES string of the molecule is CCCN(Cc1ccc(C)cc1)C(=O)c1cc(N)n[nH]1. The summed E-state index contributed by atoms with van der Waals surface area (Å²) >= 11 is 0. The molecule has 2 rings (SSSR count). The molecule has 0 spiro atoms. The quantitative estimate of drug-likeness (QED) is 0.877. The maximum atomic E-state index is 12.4. The second-order valence-corrected chi connectivity index (χ2v) is 4.92. The molecule has 0 atom stereocenters. The molecule has 106 valence electrons. The average molecular weight is 272 g/mol. The first-order valence-electron chi connectivity index (χ1n) is 6.76. The highest BCUT2D eigenvalue weighted by atomic mass is 16.2. The Labute approximate surface area is 118 Å². The Morgan fingerprint density at radius 3 is 2.60 bits per heavy atom. The summed E-state index contributed by atoms with van der Waals surface area (Å²) < 4.78 is 0. The Balaban J connectivity index is 2.14. The monoisotopic (exact) mass is 272 g/mol. The summed E-state index contributed by atoms with van der Waals surface area (Å²) in [4.78, 5) is 14.2. The van der Waals surface area contributed by atoms with Gasteiger partial charge in [-0.05, 0) is 18.9 Å². The van der Waals surface area contributed by atoms with Gasteiger partial charge < -0.3 is 10.6 Å². The molecule has 2 aromatic rings. The second kappa shape index (κ2) is 6.23. The predicted molar refractivity (Wildman–Crippen MR) is 79.2 cm³/mol. The van der Waals surface area contributed by atoms with E-state index in [2.05, 4.69) is 29.3 Å². The first-order valence-corrected chi connectivity index (χ1v) is 6.76. The number of amides is 1. The van der Waals surface area contributed by atoms with Crippen molar-refractivity contribution in [3.05, 3.63) is 47.2 Å². The third-order valence-corrected chi connectivity index (χ3v) is 3.10. The van der Waals surface area contributed by atoms with E-state index >= 15 is 0 Å². The fourth-order valence-corrected chi connectivity index (χ4v) is 2.05. The van der Waals surface area contributed by atoms with Crippen molar-refractivity contribution in [2.24, 2.45) is 0 Å². The smallest absolute Gasteiger partial charge is 0.272 e. The number of aromatic amines is 1. The molecule has 1 heterocycles. The molecule has 0 aliphatic heterocycles. The van der Waals surface area contributed by atoms with Crippen LogP contribution in [0.4, 0.5) is 5.82 Å². The number of rotatable bonds is 5. The summed E-state index contributed by atoms with van der Waals surface area (Å²) in [6.45, 7) is 5.39. The number of hydrogen-bond acceptors (Lipinski definition) is 3. The van der Waals surface area contributed by atoms with Gasteiger partial charge in [0.25, 0.3) is 5.91 Å². The molecule has 0 aliphatic rings. The standard InChI is InChI=1S/C15H20N4O/c1-3-8-19(10-12-6-4-11(2)5-7-12)15(20)13-9-14(16)18-17-13/h4-7,9H,3,8,10H2,1-2H3,(H3,16,17,18). The van der Waals surface area contributed by atoms with Gasteiger partial charge in [0.05, 0.1) is 0 Å². The van der Waals surface area contributed by atoms with E-state index in [1.807, 2.05) is 19.1 Å². The van der Waals surface area contributed by atoms with Crippen molar-refractivity contribution in [2.75, 3.05) is 12.3 Å². The molecule has 1 amide bonds. The highest BCUT2D eigenvalue weighted by Crippen LogP contribution is 2.11. The lowest BCUT2D eigenvalue weighted by Crippen LogP contribution is -2.31. The van der Waals surface area contributed by atoms with Gasteiger partial charge in [-0.25, -0.2) is 0 Å². The number of benzene rings is 1. The lowest BCUT2D eigenvalue weighted by Gasteiger charge is -2.21. The summed E-state index contributed by atoms with van der Waals surface area (Å²) in [6, 6.07) is 9.77. The third kappa shape index (κ3) is 3.38. The summed E-state index contributed by atoms with van der Waals surface area (Å²) in [6.07, 6.45) is 0.904. The van der Waals surface area contributed by atoms with Crippen molar-refractivity contribution in [3.63, 3.8) is 0 Å². The molecule has 1 aromatic heterocycles. The van der Waals surface area contributed by atoms with Gasteiger partial charge in [-0.2, -0.15) is 5.10 Å². The highest BCUT2D eigenvalue weighted by Gasteiger charge is 2.17. The van der Waals surface area contributed by atoms with Gasteiger partial charge in [-0.3, -0.25) is 9.89 Å². The minimum atomic E-state index is -0.0726. The summed E-state index contributed by atoms with van der Waals surface area (Å²) in [7, 11) is 0. The molecule has 0 fully saturated rings. The number of nitrogen functional groups attached to an aromatic ring is 1. The third-order valence-electron chi connectivity index (χ3n) is 3.10. The second-order valence-electron chi connectivity index (χ2n) is 4.92. The normalized spacial score (nSPS) is 10.5. The molecular weight excluding hydrogens is 252 g/mol. The predicted octanol–water partition coefficient (Wildman–Crippen LogP) is 2.35. The van der Waals surface area contributed by atoms with Gasteiger partial charge in [0.15, 0.2) is 0 Å².